The second-order valence-corrected chi connectivity index (χ2v) is 3.07. The molecule has 0 aliphatic heterocycles. The first-order valence-corrected chi connectivity index (χ1v) is 4.60. The van der Waals surface area contributed by atoms with Crippen LogP contribution in [0.2, 0.25) is 0 Å². The van der Waals surface area contributed by atoms with Crippen molar-refractivity contribution in [1.82, 2.24) is 0 Å². The molecular formula is C12H12O4. The van der Waals surface area contributed by atoms with Gasteiger partial charge in [0.2, 0.25) is 5.78 Å². The maximum Gasteiger partial charge on any atom is 0.308 e. The van der Waals surface area contributed by atoms with E-state index in [-0.39, 0.29) is 5.76 Å². The fourth-order valence-corrected chi connectivity index (χ4v) is 1.12. The fraction of sp³-hybridized carbons (Fsp3) is 0.167. The molecule has 0 unspecified atom stereocenters. The predicted molar refractivity (Wildman–Crippen MR) is 58.2 cm³/mol. The van der Waals surface area contributed by atoms with E-state index in [0.29, 0.717) is 11.3 Å². The number of allylic oxidation sites excluding steroid dienone is 1. The number of carbonyl (C=O) groups is 2. The van der Waals surface area contributed by atoms with Crippen LogP contribution in [0.1, 0.15) is 17.3 Å². The summed E-state index contributed by atoms with van der Waals surface area (Å²) in [5, 5.41) is 0. The first kappa shape index (κ1) is 12.0. The SMILES string of the molecule is C=C(OC(C)=O)C(=O)c1ccc(OC)cc1. The summed E-state index contributed by atoms with van der Waals surface area (Å²) in [5.41, 5.74) is 0.395. The molecular weight excluding hydrogens is 208 g/mol. The number of methoxy groups -OCH3 is 1. The Morgan fingerprint density at radius 1 is 1.19 bits per heavy atom. The van der Waals surface area contributed by atoms with Crippen LogP contribution < -0.4 is 4.74 Å². The smallest absolute Gasteiger partial charge is 0.308 e. The van der Waals surface area contributed by atoms with Crippen molar-refractivity contribution >= 4 is 11.8 Å². The Labute approximate surface area is 93.5 Å². The highest BCUT2D eigenvalue weighted by Crippen LogP contribution is 2.14. The zero-order valence-electron chi connectivity index (χ0n) is 9.15. The molecule has 0 radical (unpaired) electrons. The van der Waals surface area contributed by atoms with Gasteiger partial charge in [-0.25, -0.2) is 0 Å². The molecule has 0 aromatic heterocycles. The minimum atomic E-state index is -0.563. The van der Waals surface area contributed by atoms with Crippen LogP contribution in [0.3, 0.4) is 0 Å². The number of ketones is 1. The summed E-state index contributed by atoms with van der Waals surface area (Å²) in [4.78, 5) is 22.3. The second kappa shape index (κ2) is 5.11. The van der Waals surface area contributed by atoms with Gasteiger partial charge in [-0.15, -0.1) is 0 Å². The maximum atomic E-state index is 11.7. The summed E-state index contributed by atoms with van der Waals surface area (Å²) in [7, 11) is 1.54. The van der Waals surface area contributed by atoms with Gasteiger partial charge in [-0.2, -0.15) is 0 Å². The van der Waals surface area contributed by atoms with Crippen LogP contribution in [0.15, 0.2) is 36.6 Å². The van der Waals surface area contributed by atoms with Crippen LogP contribution in [0.5, 0.6) is 5.75 Å². The van der Waals surface area contributed by atoms with Crippen LogP contribution in [0.25, 0.3) is 0 Å². The van der Waals surface area contributed by atoms with Gasteiger partial charge in [0, 0.05) is 12.5 Å². The molecule has 0 N–H and O–H groups in total. The minimum Gasteiger partial charge on any atom is -0.497 e. The Kier molecular flexibility index (Phi) is 3.83. The lowest BCUT2D eigenvalue weighted by Gasteiger charge is -2.05. The lowest BCUT2D eigenvalue weighted by Crippen LogP contribution is -2.08. The zero-order chi connectivity index (χ0) is 12.1. The molecule has 4 heteroatoms. The van der Waals surface area contributed by atoms with Crippen molar-refractivity contribution in [1.29, 1.82) is 0 Å². The van der Waals surface area contributed by atoms with Crippen molar-refractivity contribution < 1.29 is 19.1 Å². The molecule has 0 saturated heterocycles. The number of hydrogen-bond acceptors (Lipinski definition) is 4. The third-order valence-corrected chi connectivity index (χ3v) is 1.87. The van der Waals surface area contributed by atoms with Gasteiger partial charge in [0.05, 0.1) is 7.11 Å². The largest absolute Gasteiger partial charge is 0.497 e. The van der Waals surface area contributed by atoms with Gasteiger partial charge in [-0.3, -0.25) is 9.59 Å². The number of carbonyl (C=O) groups excluding carboxylic acids is 2. The van der Waals surface area contributed by atoms with Gasteiger partial charge in [-0.05, 0) is 24.3 Å². The van der Waals surface area contributed by atoms with E-state index in [1.54, 1.807) is 24.3 Å². The van der Waals surface area contributed by atoms with E-state index in [9.17, 15) is 9.59 Å². The lowest BCUT2D eigenvalue weighted by molar-refractivity contribution is -0.136. The monoisotopic (exact) mass is 220 g/mol. The Bertz CT molecular complexity index is 417. The Balaban J connectivity index is 2.80. The molecule has 1 rings (SSSR count). The average molecular weight is 220 g/mol. The van der Waals surface area contributed by atoms with Crippen LogP contribution in [0.4, 0.5) is 0 Å². The summed E-state index contributed by atoms with van der Waals surface area (Å²) >= 11 is 0. The van der Waals surface area contributed by atoms with Crippen molar-refractivity contribution in [3.63, 3.8) is 0 Å². The van der Waals surface area contributed by atoms with Gasteiger partial charge in [0.25, 0.3) is 0 Å². The topological polar surface area (TPSA) is 52.6 Å². The van der Waals surface area contributed by atoms with Gasteiger partial charge in [-0.1, -0.05) is 6.58 Å². The number of benzene rings is 1. The lowest BCUT2D eigenvalue weighted by atomic mass is 10.1. The quantitative estimate of drug-likeness (QED) is 0.337. The van der Waals surface area contributed by atoms with Crippen molar-refractivity contribution in [2.24, 2.45) is 0 Å². The van der Waals surface area contributed by atoms with E-state index in [1.807, 2.05) is 0 Å². The van der Waals surface area contributed by atoms with Gasteiger partial charge >= 0.3 is 5.97 Å². The first-order valence-electron chi connectivity index (χ1n) is 4.60. The van der Waals surface area contributed by atoms with Gasteiger partial charge in [0.15, 0.2) is 5.76 Å². The highest BCUT2D eigenvalue weighted by Gasteiger charge is 2.13. The zero-order valence-corrected chi connectivity index (χ0v) is 9.15. The Morgan fingerprint density at radius 3 is 2.19 bits per heavy atom. The average Bonchev–Trinajstić information content (AvgIpc) is 2.27. The number of esters is 1. The maximum absolute atomic E-state index is 11.7. The standard InChI is InChI=1S/C12H12O4/c1-8(16-9(2)13)12(14)10-4-6-11(15-3)7-5-10/h4-7H,1H2,2-3H3. The molecule has 1 aromatic carbocycles. The molecule has 84 valence electrons. The molecule has 0 saturated carbocycles. The van der Waals surface area contributed by atoms with Crippen LogP contribution in [-0.4, -0.2) is 18.9 Å². The van der Waals surface area contributed by atoms with Gasteiger partial charge < -0.3 is 9.47 Å². The molecule has 0 spiro atoms. The molecule has 0 atom stereocenters. The summed E-state index contributed by atoms with van der Waals surface area (Å²) in [5.74, 6) is -0.517. The second-order valence-electron chi connectivity index (χ2n) is 3.07. The molecule has 0 amide bonds. The Hall–Kier alpha value is -2.10. The van der Waals surface area contributed by atoms with Crippen LogP contribution in [-0.2, 0) is 9.53 Å². The molecule has 0 aliphatic rings. The van der Waals surface area contributed by atoms with Crippen LogP contribution in [0, 0.1) is 0 Å². The van der Waals surface area contributed by atoms with Crippen LogP contribution >= 0.6 is 0 Å². The molecule has 16 heavy (non-hydrogen) atoms. The van der Waals surface area contributed by atoms with E-state index in [4.69, 9.17) is 4.74 Å². The predicted octanol–water partition coefficient (Wildman–Crippen LogP) is 1.95. The number of ether oxygens (including phenoxy) is 2. The summed E-state index contributed by atoms with van der Waals surface area (Å²) < 4.78 is 9.56. The molecule has 0 bridgehead atoms. The third kappa shape index (κ3) is 2.95. The first-order chi connectivity index (χ1) is 7.54. The number of rotatable bonds is 4. The van der Waals surface area contributed by atoms with Gasteiger partial charge in [0.1, 0.15) is 5.75 Å². The summed E-state index contributed by atoms with van der Waals surface area (Å²) in [6.45, 7) is 4.60. The number of Topliss-reactive ketones (excluding diaryl/α,β-unsaturated/α-hetero) is 1. The number of hydrogen-bond donors (Lipinski definition) is 0. The van der Waals surface area contributed by atoms with Crippen molar-refractivity contribution in [3.05, 3.63) is 42.2 Å². The normalized spacial score (nSPS) is 9.38. The van der Waals surface area contributed by atoms with E-state index in [0.717, 1.165) is 0 Å². The highest BCUT2D eigenvalue weighted by molar-refractivity contribution is 6.07. The molecule has 0 aliphatic carbocycles. The van der Waals surface area contributed by atoms with Crippen molar-refractivity contribution in [2.45, 2.75) is 6.92 Å². The molecule has 4 nitrogen and oxygen atoms in total. The van der Waals surface area contributed by atoms with Crippen molar-refractivity contribution in [3.8, 4) is 5.75 Å². The van der Waals surface area contributed by atoms with E-state index in [1.165, 1.54) is 14.0 Å². The summed E-state index contributed by atoms with van der Waals surface area (Å²) in [6, 6.07) is 6.45. The van der Waals surface area contributed by atoms with E-state index < -0.39 is 11.8 Å². The Morgan fingerprint density at radius 2 is 1.75 bits per heavy atom. The molecule has 0 fully saturated rings. The molecule has 1 aromatic rings. The molecule has 0 heterocycles. The summed E-state index contributed by atoms with van der Waals surface area (Å²) in [6.07, 6.45) is 0. The van der Waals surface area contributed by atoms with E-state index in [2.05, 4.69) is 11.3 Å². The fourth-order valence-electron chi connectivity index (χ4n) is 1.12. The van der Waals surface area contributed by atoms with E-state index >= 15 is 0 Å². The third-order valence-electron chi connectivity index (χ3n) is 1.87. The highest BCUT2D eigenvalue weighted by atomic mass is 16.5. The minimum absolute atomic E-state index is 0.183. The van der Waals surface area contributed by atoms with Crippen molar-refractivity contribution in [2.75, 3.05) is 7.11 Å².